The molecule has 2 nitrogen and oxygen atoms in total. The molecule has 0 N–H and O–H groups in total. The van der Waals surface area contributed by atoms with Crippen molar-refractivity contribution in [1.29, 1.82) is 0 Å². The zero-order valence-electron chi connectivity index (χ0n) is 7.43. The van der Waals surface area contributed by atoms with Gasteiger partial charge in [0.1, 0.15) is 18.2 Å². The van der Waals surface area contributed by atoms with Gasteiger partial charge in [0.25, 0.3) is 0 Å². The molecule has 0 aromatic heterocycles. The van der Waals surface area contributed by atoms with Gasteiger partial charge in [0, 0.05) is 5.56 Å². The van der Waals surface area contributed by atoms with Crippen LogP contribution in [0.25, 0.3) is 0 Å². The smallest absolute Gasteiger partial charge is 0.132 e. The number of alkyl halides is 1. The molecule has 0 unspecified atom stereocenters. The molecule has 0 heterocycles. The first-order valence-corrected chi connectivity index (χ1v) is 4.77. The quantitative estimate of drug-likeness (QED) is 0.799. The summed E-state index contributed by atoms with van der Waals surface area (Å²) in [4.78, 5) is 0. The summed E-state index contributed by atoms with van der Waals surface area (Å²) < 4.78 is 23.4. The van der Waals surface area contributed by atoms with Crippen LogP contribution in [0.3, 0.4) is 0 Å². The van der Waals surface area contributed by atoms with Crippen LogP contribution in [0.5, 0.6) is 11.5 Å². The van der Waals surface area contributed by atoms with E-state index in [-0.39, 0.29) is 0 Å². The summed E-state index contributed by atoms with van der Waals surface area (Å²) in [5.41, 5.74) is 0.544. The number of hydrogen-bond donors (Lipinski definition) is 0. The van der Waals surface area contributed by atoms with Gasteiger partial charge in [-0.3, -0.25) is 0 Å². The normalized spacial score (nSPS) is 9.85. The monoisotopic (exact) mass is 296 g/mol. The first-order valence-electron chi connectivity index (χ1n) is 3.70. The summed E-state index contributed by atoms with van der Waals surface area (Å²) in [7, 11) is 3.09. The molecule has 13 heavy (non-hydrogen) atoms. The van der Waals surface area contributed by atoms with Crippen LogP contribution in [-0.4, -0.2) is 14.2 Å². The Morgan fingerprint density at radius 2 is 1.77 bits per heavy atom. The number of ether oxygens (including phenoxy) is 2. The second-order valence-corrected chi connectivity index (χ2v) is 3.47. The average Bonchev–Trinajstić information content (AvgIpc) is 2.17. The van der Waals surface area contributed by atoms with Gasteiger partial charge in [-0.25, -0.2) is 4.39 Å². The molecule has 0 saturated carbocycles. The van der Waals surface area contributed by atoms with Crippen molar-refractivity contribution in [3.05, 3.63) is 21.3 Å². The minimum Gasteiger partial charge on any atom is -0.496 e. The molecule has 0 aliphatic rings. The van der Waals surface area contributed by atoms with Crippen LogP contribution in [0.4, 0.5) is 4.39 Å². The Bertz CT molecular complexity index is 302. The van der Waals surface area contributed by atoms with Crippen LogP contribution in [0.15, 0.2) is 12.1 Å². The lowest BCUT2D eigenvalue weighted by atomic mass is 10.2. The van der Waals surface area contributed by atoms with Crippen molar-refractivity contribution in [3.8, 4) is 11.5 Å². The van der Waals surface area contributed by atoms with E-state index in [1.165, 1.54) is 7.11 Å². The van der Waals surface area contributed by atoms with Crippen molar-refractivity contribution in [2.75, 3.05) is 14.2 Å². The van der Waals surface area contributed by atoms with Crippen LogP contribution < -0.4 is 9.47 Å². The zero-order valence-corrected chi connectivity index (χ0v) is 9.59. The fraction of sp³-hybridized carbons (Fsp3) is 0.333. The number of benzene rings is 1. The van der Waals surface area contributed by atoms with Crippen molar-refractivity contribution in [3.63, 3.8) is 0 Å². The van der Waals surface area contributed by atoms with Crippen LogP contribution in [0.2, 0.25) is 0 Å². The Kier molecular flexibility index (Phi) is 3.77. The Labute approximate surface area is 90.2 Å². The molecule has 1 aromatic carbocycles. The average molecular weight is 296 g/mol. The summed E-state index contributed by atoms with van der Waals surface area (Å²) >= 11 is 2.04. The van der Waals surface area contributed by atoms with Gasteiger partial charge in [0.05, 0.1) is 17.8 Å². The SMILES string of the molecule is COc1ccc(OC)c(CF)c1I. The molecule has 1 aromatic rings. The van der Waals surface area contributed by atoms with E-state index in [4.69, 9.17) is 9.47 Å². The van der Waals surface area contributed by atoms with Crippen molar-refractivity contribution < 1.29 is 13.9 Å². The van der Waals surface area contributed by atoms with E-state index in [2.05, 4.69) is 0 Å². The molecule has 0 atom stereocenters. The Balaban J connectivity index is 3.23. The minimum absolute atomic E-state index is 0.543. The molecule has 0 amide bonds. The molecular weight excluding hydrogens is 286 g/mol. The number of rotatable bonds is 3. The lowest BCUT2D eigenvalue weighted by molar-refractivity contribution is 0.382. The fourth-order valence-corrected chi connectivity index (χ4v) is 1.87. The van der Waals surface area contributed by atoms with Crippen molar-refractivity contribution in [1.82, 2.24) is 0 Å². The first kappa shape index (κ1) is 10.6. The van der Waals surface area contributed by atoms with Crippen LogP contribution in [0, 0.1) is 3.57 Å². The standard InChI is InChI=1S/C9H10FIO2/c1-12-7-3-4-8(13-2)9(11)6(7)5-10/h3-4H,5H2,1-2H3. The molecule has 0 spiro atoms. The van der Waals surface area contributed by atoms with Gasteiger partial charge in [-0.2, -0.15) is 0 Å². The molecule has 1 rings (SSSR count). The van der Waals surface area contributed by atoms with Crippen LogP contribution >= 0.6 is 22.6 Å². The van der Waals surface area contributed by atoms with Gasteiger partial charge in [-0.1, -0.05) is 0 Å². The maximum Gasteiger partial charge on any atom is 0.132 e. The predicted molar refractivity (Wildman–Crippen MR) is 57.1 cm³/mol. The van der Waals surface area contributed by atoms with Gasteiger partial charge in [0.15, 0.2) is 0 Å². The summed E-state index contributed by atoms with van der Waals surface area (Å²) in [5, 5.41) is 0. The van der Waals surface area contributed by atoms with Crippen molar-refractivity contribution >= 4 is 22.6 Å². The van der Waals surface area contributed by atoms with Gasteiger partial charge in [0.2, 0.25) is 0 Å². The van der Waals surface area contributed by atoms with Crippen molar-refractivity contribution in [2.45, 2.75) is 6.67 Å². The number of methoxy groups -OCH3 is 2. The summed E-state index contributed by atoms with van der Waals surface area (Å²) in [6, 6.07) is 3.47. The Hall–Kier alpha value is -0.520. The molecule has 0 aliphatic carbocycles. The third-order valence-electron chi connectivity index (χ3n) is 1.74. The third kappa shape index (κ3) is 2.04. The number of halogens is 2. The summed E-state index contributed by atoms with van der Waals surface area (Å²) in [5.74, 6) is 1.24. The highest BCUT2D eigenvalue weighted by Crippen LogP contribution is 2.32. The van der Waals surface area contributed by atoms with E-state index >= 15 is 0 Å². The van der Waals surface area contributed by atoms with E-state index in [9.17, 15) is 4.39 Å². The van der Waals surface area contributed by atoms with Gasteiger partial charge in [-0.15, -0.1) is 0 Å². The molecule has 72 valence electrons. The van der Waals surface area contributed by atoms with Gasteiger partial charge in [-0.05, 0) is 34.7 Å². The predicted octanol–water partition coefficient (Wildman–Crippen LogP) is 2.78. The van der Waals surface area contributed by atoms with E-state index in [0.717, 1.165) is 3.57 Å². The van der Waals surface area contributed by atoms with Crippen LogP contribution in [0.1, 0.15) is 5.56 Å². The van der Waals surface area contributed by atoms with Crippen molar-refractivity contribution in [2.24, 2.45) is 0 Å². The minimum atomic E-state index is -0.543. The summed E-state index contributed by atoms with van der Waals surface area (Å²) in [6.45, 7) is -0.543. The molecule has 0 bridgehead atoms. The third-order valence-corrected chi connectivity index (χ3v) is 2.92. The maximum absolute atomic E-state index is 12.6. The Morgan fingerprint density at radius 1 is 1.23 bits per heavy atom. The molecular formula is C9H10FIO2. The topological polar surface area (TPSA) is 18.5 Å². The van der Waals surface area contributed by atoms with E-state index in [1.54, 1.807) is 19.2 Å². The lowest BCUT2D eigenvalue weighted by Crippen LogP contribution is -1.96. The second-order valence-electron chi connectivity index (χ2n) is 2.40. The molecule has 0 fully saturated rings. The van der Waals surface area contributed by atoms with Gasteiger partial charge < -0.3 is 9.47 Å². The maximum atomic E-state index is 12.6. The Morgan fingerprint density at radius 3 is 2.23 bits per heavy atom. The van der Waals surface area contributed by atoms with E-state index < -0.39 is 6.67 Å². The fourth-order valence-electron chi connectivity index (χ4n) is 1.06. The highest BCUT2D eigenvalue weighted by Gasteiger charge is 2.11. The molecule has 0 saturated heterocycles. The summed E-state index contributed by atoms with van der Waals surface area (Å²) in [6.07, 6.45) is 0. The first-order chi connectivity index (χ1) is 6.24. The second kappa shape index (κ2) is 4.64. The molecule has 0 radical (unpaired) electrons. The zero-order chi connectivity index (χ0) is 9.84. The lowest BCUT2D eigenvalue weighted by Gasteiger charge is -2.10. The molecule has 0 aliphatic heterocycles. The van der Waals surface area contributed by atoms with Gasteiger partial charge >= 0.3 is 0 Å². The highest BCUT2D eigenvalue weighted by atomic mass is 127. The number of hydrogen-bond acceptors (Lipinski definition) is 2. The molecule has 4 heteroatoms. The largest absolute Gasteiger partial charge is 0.496 e. The van der Waals surface area contributed by atoms with E-state index in [0.29, 0.717) is 17.1 Å². The van der Waals surface area contributed by atoms with Crippen LogP contribution in [-0.2, 0) is 6.67 Å². The van der Waals surface area contributed by atoms with E-state index in [1.807, 2.05) is 22.6 Å². The highest BCUT2D eigenvalue weighted by molar-refractivity contribution is 14.1.